The van der Waals surface area contributed by atoms with Gasteiger partial charge in [0, 0.05) is 0 Å². The van der Waals surface area contributed by atoms with Crippen molar-refractivity contribution in [3.8, 4) is 0 Å². The summed E-state index contributed by atoms with van der Waals surface area (Å²) in [5, 5.41) is 2.70. The summed E-state index contributed by atoms with van der Waals surface area (Å²) in [4.78, 5) is 0. The molecule has 0 bridgehead atoms. The number of fused-ring (bicyclic) bond motifs is 1. The highest BCUT2D eigenvalue weighted by Gasteiger charge is 1.96. The summed E-state index contributed by atoms with van der Waals surface area (Å²) >= 11 is 0. The molecule has 0 amide bonds. The van der Waals surface area contributed by atoms with Gasteiger partial charge in [0.25, 0.3) is 0 Å². The zero-order valence-electron chi connectivity index (χ0n) is 8.90. The third-order valence-corrected chi connectivity index (χ3v) is 2.45. The highest BCUT2D eigenvalue weighted by Crippen LogP contribution is 2.18. The molecule has 0 saturated heterocycles. The first-order valence-corrected chi connectivity index (χ1v) is 4.99. The molecule has 2 aromatic carbocycles. The Hall–Kier alpha value is -1.21. The van der Waals surface area contributed by atoms with Crippen molar-refractivity contribution in [3.05, 3.63) is 60.2 Å². The molecule has 0 unspecified atom stereocenters. The minimum Gasteiger partial charge on any atom is -0.197 e. The van der Waals surface area contributed by atoms with Crippen LogP contribution in [0.4, 0.5) is 0 Å². The van der Waals surface area contributed by atoms with Crippen molar-refractivity contribution < 1.29 is 0 Å². The van der Waals surface area contributed by atoms with Gasteiger partial charge in [-0.2, -0.15) is 13.5 Å². The van der Waals surface area contributed by atoms with Gasteiger partial charge in [0.1, 0.15) is 0 Å². The highest BCUT2D eigenvalue weighted by molar-refractivity contribution is 7.59. The lowest BCUT2D eigenvalue weighted by Crippen LogP contribution is -1.83. The summed E-state index contributed by atoms with van der Waals surface area (Å²) in [5.41, 5.74) is 1.40. The molecule has 0 aliphatic rings. The van der Waals surface area contributed by atoms with E-state index in [-0.39, 0.29) is 13.5 Å². The third kappa shape index (κ3) is 2.63. The first kappa shape index (κ1) is 11.9. The van der Waals surface area contributed by atoms with Gasteiger partial charge in [-0.1, -0.05) is 54.6 Å². The predicted octanol–water partition coefficient (Wildman–Crippen LogP) is 4.07. The zero-order valence-corrected chi connectivity index (χ0v) is 9.90. The van der Waals surface area contributed by atoms with Crippen molar-refractivity contribution in [2.24, 2.45) is 0 Å². The number of rotatable bonds is 2. The van der Waals surface area contributed by atoms with Crippen molar-refractivity contribution in [1.29, 1.82) is 0 Å². The van der Waals surface area contributed by atoms with Crippen molar-refractivity contribution in [1.82, 2.24) is 0 Å². The number of benzene rings is 2. The monoisotopic (exact) mass is 216 g/mol. The molecule has 0 aromatic heterocycles. The van der Waals surface area contributed by atoms with E-state index in [1.807, 2.05) is 0 Å². The van der Waals surface area contributed by atoms with Crippen LogP contribution in [-0.2, 0) is 6.42 Å². The highest BCUT2D eigenvalue weighted by atomic mass is 32.1. The Kier molecular flexibility index (Phi) is 4.44. The van der Waals surface area contributed by atoms with Gasteiger partial charge in [-0.25, -0.2) is 0 Å². The second-order valence-electron chi connectivity index (χ2n) is 3.41. The summed E-state index contributed by atoms with van der Waals surface area (Å²) in [7, 11) is 0. The van der Waals surface area contributed by atoms with Crippen LogP contribution in [0.1, 0.15) is 12.5 Å². The second kappa shape index (κ2) is 5.62. The van der Waals surface area contributed by atoms with Crippen molar-refractivity contribution in [2.75, 3.05) is 0 Å². The van der Waals surface area contributed by atoms with Crippen LogP contribution in [0, 0.1) is 0 Å². The summed E-state index contributed by atoms with van der Waals surface area (Å²) in [6.07, 6.45) is 5.32. The molecule has 0 radical (unpaired) electrons. The van der Waals surface area contributed by atoms with Crippen molar-refractivity contribution >= 4 is 24.3 Å². The molecule has 0 atom stereocenters. The van der Waals surface area contributed by atoms with Crippen LogP contribution in [0.15, 0.2) is 54.6 Å². The van der Waals surface area contributed by atoms with Crippen LogP contribution >= 0.6 is 13.5 Å². The Bertz CT molecular complexity index is 452. The van der Waals surface area contributed by atoms with Gasteiger partial charge in [-0.15, -0.1) is 0 Å². The molecule has 1 heteroatoms. The first-order chi connectivity index (χ1) is 6.92. The maximum atomic E-state index is 2.20. The summed E-state index contributed by atoms with van der Waals surface area (Å²) in [5.74, 6) is 0. The second-order valence-corrected chi connectivity index (χ2v) is 3.41. The fraction of sp³-hybridized carbons (Fsp3) is 0.143. The SMILES string of the molecule is CC=CCc1cccc2ccccc12.S. The summed E-state index contributed by atoms with van der Waals surface area (Å²) in [6, 6.07) is 15.0. The zero-order chi connectivity index (χ0) is 9.80. The molecular weight excluding hydrogens is 200 g/mol. The maximum Gasteiger partial charge on any atom is -0.00914 e. The van der Waals surface area contributed by atoms with Gasteiger partial charge >= 0.3 is 0 Å². The molecule has 78 valence electrons. The minimum absolute atomic E-state index is 0. The largest absolute Gasteiger partial charge is 0.197 e. The molecule has 15 heavy (non-hydrogen) atoms. The van der Waals surface area contributed by atoms with Gasteiger partial charge in [-0.3, -0.25) is 0 Å². The predicted molar refractivity (Wildman–Crippen MR) is 72.8 cm³/mol. The van der Waals surface area contributed by atoms with E-state index in [9.17, 15) is 0 Å². The van der Waals surface area contributed by atoms with Crippen LogP contribution in [0.25, 0.3) is 10.8 Å². The van der Waals surface area contributed by atoms with Crippen molar-refractivity contribution in [2.45, 2.75) is 13.3 Å². The number of hydrogen-bond acceptors (Lipinski definition) is 0. The minimum atomic E-state index is 0. The van der Waals surface area contributed by atoms with Gasteiger partial charge in [0.2, 0.25) is 0 Å². The normalized spacial score (nSPS) is 10.5. The summed E-state index contributed by atoms with van der Waals surface area (Å²) < 4.78 is 0. The van der Waals surface area contributed by atoms with E-state index in [4.69, 9.17) is 0 Å². The molecular formula is C14H16S. The lowest BCUT2D eigenvalue weighted by atomic mass is 10.0. The Labute approximate surface area is 98.1 Å². The van der Waals surface area contributed by atoms with Crippen LogP contribution in [0.5, 0.6) is 0 Å². The van der Waals surface area contributed by atoms with E-state index in [0.717, 1.165) is 6.42 Å². The van der Waals surface area contributed by atoms with E-state index in [0.29, 0.717) is 0 Å². The molecule has 0 heterocycles. The van der Waals surface area contributed by atoms with Crippen LogP contribution in [0.2, 0.25) is 0 Å². The van der Waals surface area contributed by atoms with Gasteiger partial charge < -0.3 is 0 Å². The maximum absolute atomic E-state index is 2.20. The molecule has 2 aromatic rings. The quantitative estimate of drug-likeness (QED) is 0.664. The molecule has 0 nitrogen and oxygen atoms in total. The molecule has 0 aliphatic carbocycles. The number of hydrogen-bond donors (Lipinski definition) is 0. The Morgan fingerprint density at radius 1 is 1.00 bits per heavy atom. The smallest absolute Gasteiger partial charge is 0.00914 e. The van der Waals surface area contributed by atoms with Crippen LogP contribution in [0.3, 0.4) is 0 Å². The molecule has 0 spiro atoms. The fourth-order valence-corrected chi connectivity index (χ4v) is 1.72. The van der Waals surface area contributed by atoms with Gasteiger partial charge in [0.05, 0.1) is 0 Å². The topological polar surface area (TPSA) is 0 Å². The Morgan fingerprint density at radius 2 is 1.73 bits per heavy atom. The van der Waals surface area contributed by atoms with Gasteiger partial charge in [0.15, 0.2) is 0 Å². The van der Waals surface area contributed by atoms with Crippen molar-refractivity contribution in [3.63, 3.8) is 0 Å². The van der Waals surface area contributed by atoms with E-state index < -0.39 is 0 Å². The third-order valence-electron chi connectivity index (χ3n) is 2.45. The number of allylic oxidation sites excluding steroid dienone is 2. The average molecular weight is 216 g/mol. The molecule has 0 saturated carbocycles. The molecule has 0 aliphatic heterocycles. The summed E-state index contributed by atoms with van der Waals surface area (Å²) in [6.45, 7) is 2.06. The average Bonchev–Trinajstić information content (AvgIpc) is 2.26. The Morgan fingerprint density at radius 3 is 2.53 bits per heavy atom. The van der Waals surface area contributed by atoms with Gasteiger partial charge in [-0.05, 0) is 29.7 Å². The molecule has 2 rings (SSSR count). The van der Waals surface area contributed by atoms with Crippen LogP contribution < -0.4 is 0 Å². The Balaban J connectivity index is 0.00000112. The first-order valence-electron chi connectivity index (χ1n) is 4.99. The van der Waals surface area contributed by atoms with E-state index >= 15 is 0 Å². The lowest BCUT2D eigenvalue weighted by Gasteiger charge is -2.03. The van der Waals surface area contributed by atoms with E-state index in [1.54, 1.807) is 0 Å². The van der Waals surface area contributed by atoms with E-state index in [2.05, 4.69) is 61.5 Å². The lowest BCUT2D eigenvalue weighted by molar-refractivity contribution is 1.29. The van der Waals surface area contributed by atoms with Crippen LogP contribution in [-0.4, -0.2) is 0 Å². The molecule has 0 fully saturated rings. The molecule has 0 N–H and O–H groups in total. The standard InChI is InChI=1S/C14H14.H2S/c1-2-3-7-12-9-6-10-13-8-4-5-11-14(12)13;/h2-6,8-11H,7H2,1H3;1H2. The fourth-order valence-electron chi connectivity index (χ4n) is 1.72. The van der Waals surface area contributed by atoms with E-state index in [1.165, 1.54) is 16.3 Å².